The summed E-state index contributed by atoms with van der Waals surface area (Å²) in [5.74, 6) is -0.789. The SMILES string of the molecule is COCC(C)(CO)S(=O)(=O)C1(CN2CCc3c(C(=O)NCc4ccc(C#N)cc4)nn(C)c3C2=O)CC1. The maximum Gasteiger partial charge on any atom is 0.272 e. The van der Waals surface area contributed by atoms with E-state index in [4.69, 9.17) is 10.00 Å². The molecule has 1 unspecified atom stereocenters. The molecule has 37 heavy (non-hydrogen) atoms. The number of aromatic nitrogens is 2. The van der Waals surface area contributed by atoms with Crippen LogP contribution in [0.2, 0.25) is 0 Å². The van der Waals surface area contributed by atoms with Crippen LogP contribution >= 0.6 is 0 Å². The van der Waals surface area contributed by atoms with Crippen molar-refractivity contribution in [3.05, 3.63) is 52.3 Å². The highest BCUT2D eigenvalue weighted by Crippen LogP contribution is 2.49. The van der Waals surface area contributed by atoms with Gasteiger partial charge in [-0.3, -0.25) is 14.3 Å². The monoisotopic (exact) mass is 529 g/mol. The molecule has 12 heteroatoms. The number of benzene rings is 1. The Kier molecular flexibility index (Phi) is 7.16. The smallest absolute Gasteiger partial charge is 0.272 e. The van der Waals surface area contributed by atoms with Gasteiger partial charge in [-0.05, 0) is 43.9 Å². The van der Waals surface area contributed by atoms with Crippen LogP contribution < -0.4 is 5.32 Å². The van der Waals surface area contributed by atoms with Gasteiger partial charge in [-0.15, -0.1) is 0 Å². The average Bonchev–Trinajstić information content (AvgIpc) is 3.60. The molecular formula is C25H31N5O6S. The molecule has 2 N–H and O–H groups in total. The van der Waals surface area contributed by atoms with E-state index in [0.717, 1.165) is 5.56 Å². The maximum absolute atomic E-state index is 13.5. The second-order valence-electron chi connectivity index (χ2n) is 9.99. The van der Waals surface area contributed by atoms with Gasteiger partial charge in [-0.25, -0.2) is 8.42 Å². The van der Waals surface area contributed by atoms with Gasteiger partial charge in [0, 0.05) is 39.4 Å². The van der Waals surface area contributed by atoms with Crippen LogP contribution in [0.4, 0.5) is 0 Å². The molecule has 1 aromatic carbocycles. The fourth-order valence-electron chi connectivity index (χ4n) is 4.90. The Morgan fingerprint density at radius 2 is 2.00 bits per heavy atom. The topological polar surface area (TPSA) is 155 Å². The number of nitriles is 1. The molecule has 0 radical (unpaired) electrons. The van der Waals surface area contributed by atoms with Crippen LogP contribution in [-0.2, 0) is 34.6 Å². The van der Waals surface area contributed by atoms with Crippen molar-refractivity contribution < 1.29 is 27.9 Å². The Hall–Kier alpha value is -3.27. The molecule has 1 saturated carbocycles. The third-order valence-corrected chi connectivity index (χ3v) is 10.5. The van der Waals surface area contributed by atoms with Gasteiger partial charge >= 0.3 is 0 Å². The van der Waals surface area contributed by atoms with E-state index >= 15 is 0 Å². The second-order valence-corrected chi connectivity index (χ2v) is 12.9. The maximum atomic E-state index is 13.5. The van der Waals surface area contributed by atoms with Crippen molar-refractivity contribution in [3.8, 4) is 6.07 Å². The van der Waals surface area contributed by atoms with Gasteiger partial charge in [0.15, 0.2) is 15.5 Å². The zero-order valence-electron chi connectivity index (χ0n) is 21.2. The van der Waals surface area contributed by atoms with Crippen molar-refractivity contribution in [2.45, 2.75) is 42.2 Å². The fourth-order valence-corrected chi connectivity index (χ4v) is 7.36. The van der Waals surface area contributed by atoms with Crippen molar-refractivity contribution in [1.82, 2.24) is 20.0 Å². The number of nitrogens with one attached hydrogen (secondary N) is 1. The first kappa shape index (κ1) is 26.8. The summed E-state index contributed by atoms with van der Waals surface area (Å²) in [6.07, 6.45) is 1.17. The van der Waals surface area contributed by atoms with Crippen molar-refractivity contribution >= 4 is 21.7 Å². The molecule has 2 aromatic rings. The predicted octanol–water partition coefficient (Wildman–Crippen LogP) is 0.565. The molecule has 11 nitrogen and oxygen atoms in total. The molecule has 0 spiro atoms. The molecule has 0 saturated heterocycles. The van der Waals surface area contributed by atoms with Crippen LogP contribution in [0.3, 0.4) is 0 Å². The number of aliphatic hydroxyl groups is 1. The second kappa shape index (κ2) is 9.89. The summed E-state index contributed by atoms with van der Waals surface area (Å²) in [6.45, 7) is 1.25. The number of hydrogen-bond acceptors (Lipinski definition) is 8. The van der Waals surface area contributed by atoms with Crippen molar-refractivity contribution in [1.29, 1.82) is 5.26 Å². The van der Waals surface area contributed by atoms with E-state index in [2.05, 4.69) is 10.4 Å². The van der Waals surface area contributed by atoms with E-state index in [9.17, 15) is 23.1 Å². The van der Waals surface area contributed by atoms with Gasteiger partial charge in [0.25, 0.3) is 11.8 Å². The predicted molar refractivity (Wildman–Crippen MR) is 133 cm³/mol. The van der Waals surface area contributed by atoms with Crippen LogP contribution in [0.5, 0.6) is 0 Å². The number of amides is 2. The van der Waals surface area contributed by atoms with E-state index in [1.54, 1.807) is 31.3 Å². The number of carbonyl (C=O) groups is 2. The Labute approximate surface area is 215 Å². The first-order valence-electron chi connectivity index (χ1n) is 12.0. The number of aliphatic hydroxyl groups excluding tert-OH is 1. The summed E-state index contributed by atoms with van der Waals surface area (Å²) in [7, 11) is -0.857. The van der Waals surface area contributed by atoms with Crippen molar-refractivity contribution in [2.75, 3.05) is 33.4 Å². The highest BCUT2D eigenvalue weighted by molar-refractivity contribution is 7.94. The lowest BCUT2D eigenvalue weighted by Gasteiger charge is -2.35. The van der Waals surface area contributed by atoms with Crippen LogP contribution in [0.1, 0.15) is 57.4 Å². The van der Waals surface area contributed by atoms with Crippen LogP contribution in [-0.4, -0.2) is 82.9 Å². The minimum absolute atomic E-state index is 0.0122. The fraction of sp³-hybridized carbons (Fsp3) is 0.520. The highest BCUT2D eigenvalue weighted by atomic mass is 32.2. The molecular weight excluding hydrogens is 498 g/mol. The number of methoxy groups -OCH3 is 1. The summed E-state index contributed by atoms with van der Waals surface area (Å²) < 4.78 is 30.9. The summed E-state index contributed by atoms with van der Waals surface area (Å²) in [5, 5.41) is 25.9. The molecule has 1 atom stereocenters. The summed E-state index contributed by atoms with van der Waals surface area (Å²) in [6, 6.07) is 8.89. The van der Waals surface area contributed by atoms with Crippen molar-refractivity contribution in [3.63, 3.8) is 0 Å². The Bertz CT molecular complexity index is 1360. The third kappa shape index (κ3) is 4.63. The standard InChI is InChI=1S/C25H31N5O6S/c1-24(15-31,16-36-3)37(34,35)25(9-10-25)14-30-11-8-19-20(28-29(2)21(19)23(30)33)22(32)27-13-18-6-4-17(12-26)5-7-18/h4-7,31H,8-11,13-16H2,1-3H3,(H,27,32). The third-order valence-electron chi connectivity index (χ3n) is 7.31. The lowest BCUT2D eigenvalue weighted by molar-refractivity contribution is 0.0723. The van der Waals surface area contributed by atoms with Gasteiger partial charge in [-0.1, -0.05) is 12.1 Å². The van der Waals surface area contributed by atoms with Gasteiger partial charge in [-0.2, -0.15) is 10.4 Å². The molecule has 1 fully saturated rings. The number of sulfone groups is 1. The Balaban J connectivity index is 1.50. The molecule has 0 bridgehead atoms. The number of nitrogens with zero attached hydrogens (tertiary/aromatic N) is 4. The number of rotatable bonds is 10. The Morgan fingerprint density at radius 1 is 1.32 bits per heavy atom. The summed E-state index contributed by atoms with van der Waals surface area (Å²) >= 11 is 0. The van der Waals surface area contributed by atoms with Crippen LogP contribution in [0.25, 0.3) is 0 Å². The highest BCUT2D eigenvalue weighted by Gasteiger charge is 2.62. The first-order chi connectivity index (χ1) is 17.5. The van der Waals surface area contributed by atoms with E-state index in [-0.39, 0.29) is 43.5 Å². The van der Waals surface area contributed by atoms with Gasteiger partial charge in [0.2, 0.25) is 0 Å². The quantitative estimate of drug-likeness (QED) is 0.453. The lowest BCUT2D eigenvalue weighted by atomic mass is 10.0. The lowest BCUT2D eigenvalue weighted by Crippen LogP contribution is -2.54. The zero-order chi connectivity index (χ0) is 27.0. The molecule has 2 aliphatic rings. The minimum atomic E-state index is -3.83. The van der Waals surface area contributed by atoms with Gasteiger partial charge in [0.05, 0.1) is 29.6 Å². The number of fused-ring (bicyclic) bond motifs is 1. The van der Waals surface area contributed by atoms with E-state index in [0.29, 0.717) is 30.4 Å². The number of hydrogen-bond donors (Lipinski definition) is 2. The number of carbonyl (C=O) groups excluding carboxylic acids is 2. The molecule has 1 aliphatic heterocycles. The van der Waals surface area contributed by atoms with E-state index in [1.165, 1.54) is 23.6 Å². The zero-order valence-corrected chi connectivity index (χ0v) is 22.0. The first-order valence-corrected chi connectivity index (χ1v) is 13.5. The van der Waals surface area contributed by atoms with Gasteiger partial charge in [0.1, 0.15) is 10.4 Å². The molecule has 2 heterocycles. The number of aryl methyl sites for hydroxylation is 1. The van der Waals surface area contributed by atoms with Crippen LogP contribution in [0.15, 0.2) is 24.3 Å². The van der Waals surface area contributed by atoms with E-state index in [1.807, 2.05) is 6.07 Å². The van der Waals surface area contributed by atoms with Crippen molar-refractivity contribution in [2.24, 2.45) is 7.05 Å². The largest absolute Gasteiger partial charge is 0.395 e. The summed E-state index contributed by atoms with van der Waals surface area (Å²) in [5.41, 5.74) is 2.31. The molecule has 4 rings (SSSR count). The van der Waals surface area contributed by atoms with Crippen LogP contribution in [0, 0.1) is 11.3 Å². The average molecular weight is 530 g/mol. The minimum Gasteiger partial charge on any atom is -0.395 e. The molecule has 1 aliphatic carbocycles. The van der Waals surface area contributed by atoms with Gasteiger partial charge < -0.3 is 20.1 Å². The molecule has 2 amide bonds. The molecule has 1 aromatic heterocycles. The number of ether oxygens (including phenoxy) is 1. The summed E-state index contributed by atoms with van der Waals surface area (Å²) in [4.78, 5) is 27.9. The Morgan fingerprint density at radius 3 is 2.57 bits per heavy atom. The van der Waals surface area contributed by atoms with E-state index < -0.39 is 31.8 Å². The molecule has 198 valence electrons. The normalized spacial score (nSPS) is 18.0.